The molecule has 284 valence electrons. The molecule has 0 amide bonds. The lowest BCUT2D eigenvalue weighted by Crippen LogP contribution is -2.43. The zero-order chi connectivity index (χ0) is 40.2. The van der Waals surface area contributed by atoms with E-state index in [4.69, 9.17) is 4.74 Å². The summed E-state index contributed by atoms with van der Waals surface area (Å²) >= 11 is 0. The van der Waals surface area contributed by atoms with Gasteiger partial charge in [-0.2, -0.15) is 0 Å². The van der Waals surface area contributed by atoms with Gasteiger partial charge in [-0.1, -0.05) is 148 Å². The number of carbonyl (C=O) groups excluding carboxylic acids is 1. The number of ether oxygens (including phenoxy) is 1. The molecule has 2 rings (SSSR count). The first-order chi connectivity index (χ1) is 23.6. The van der Waals surface area contributed by atoms with Gasteiger partial charge >= 0.3 is 5.97 Å². The molecule has 4 heteroatoms. The van der Waals surface area contributed by atoms with Crippen LogP contribution in [0.15, 0.2) is 36.4 Å². The number of esters is 1. The summed E-state index contributed by atoms with van der Waals surface area (Å²) in [6.07, 6.45) is 0. The molecule has 0 aliphatic carbocycles. The first-order valence-corrected chi connectivity index (χ1v) is 24.2. The minimum atomic E-state index is -1.97. The molecule has 0 aromatic heterocycles. The standard InChI is InChI=1S/C48H72O2Si2/c1-33(2)51(34(3)4,35(5)6)25-22-41-27-40(28-43(29-41)46(14,15)16)21-24-48(20,50-39(13)49)45-31-42(30-44(32-45)47(17,18)19)23-26-52(36(7)8,37(9)10)38(11)12/h27-38H,1-20H3/t48-/m1/s1. The Kier molecular flexibility index (Phi) is 14.8. The maximum Gasteiger partial charge on any atom is 0.304 e. The van der Waals surface area contributed by atoms with Crippen LogP contribution in [-0.2, 0) is 26.0 Å². The van der Waals surface area contributed by atoms with Gasteiger partial charge in [-0.25, -0.2) is 0 Å². The van der Waals surface area contributed by atoms with E-state index in [-0.39, 0.29) is 16.8 Å². The van der Waals surface area contributed by atoms with Crippen LogP contribution >= 0.6 is 0 Å². The Morgan fingerprint density at radius 1 is 0.500 bits per heavy atom. The zero-order valence-electron chi connectivity index (χ0n) is 36.7. The fourth-order valence-electron chi connectivity index (χ4n) is 8.48. The van der Waals surface area contributed by atoms with E-state index in [0.717, 1.165) is 27.8 Å². The van der Waals surface area contributed by atoms with Crippen molar-refractivity contribution in [2.24, 2.45) is 0 Å². The Labute approximate surface area is 323 Å². The average Bonchev–Trinajstić information content (AvgIpc) is 2.98. The maximum absolute atomic E-state index is 12.7. The van der Waals surface area contributed by atoms with Crippen LogP contribution in [0.5, 0.6) is 0 Å². The Hall–Kier alpha value is -2.98. The minimum Gasteiger partial charge on any atom is -0.442 e. The van der Waals surface area contributed by atoms with Gasteiger partial charge in [0.05, 0.1) is 0 Å². The Morgan fingerprint density at radius 3 is 1.13 bits per heavy atom. The largest absolute Gasteiger partial charge is 0.442 e. The van der Waals surface area contributed by atoms with Crippen molar-refractivity contribution in [3.05, 3.63) is 69.8 Å². The van der Waals surface area contributed by atoms with Crippen LogP contribution in [0.1, 0.15) is 172 Å². The van der Waals surface area contributed by atoms with Crippen molar-refractivity contribution in [1.82, 2.24) is 0 Å². The van der Waals surface area contributed by atoms with Gasteiger partial charge in [0.1, 0.15) is 16.1 Å². The summed E-state index contributed by atoms with van der Waals surface area (Å²) in [5, 5.41) is 0. The molecule has 0 fully saturated rings. The van der Waals surface area contributed by atoms with E-state index in [1.54, 1.807) is 0 Å². The van der Waals surface area contributed by atoms with Crippen LogP contribution in [0.4, 0.5) is 0 Å². The van der Waals surface area contributed by atoms with Gasteiger partial charge < -0.3 is 4.74 Å². The topological polar surface area (TPSA) is 26.3 Å². The molecule has 2 aromatic carbocycles. The Bertz CT molecular complexity index is 1710. The lowest BCUT2D eigenvalue weighted by Gasteiger charge is -2.38. The third-order valence-corrected chi connectivity index (χ3v) is 24.1. The second-order valence-electron chi connectivity index (χ2n) is 19.3. The molecule has 0 radical (unpaired) electrons. The van der Waals surface area contributed by atoms with E-state index >= 15 is 0 Å². The summed E-state index contributed by atoms with van der Waals surface area (Å²) in [5.41, 5.74) is 15.6. The van der Waals surface area contributed by atoms with Gasteiger partial charge in [0, 0.05) is 29.2 Å². The fraction of sp³-hybridized carbons (Fsp3) is 0.604. The van der Waals surface area contributed by atoms with Crippen molar-refractivity contribution < 1.29 is 9.53 Å². The molecule has 0 heterocycles. The predicted molar refractivity (Wildman–Crippen MR) is 232 cm³/mol. The number of hydrogen-bond donors (Lipinski definition) is 0. The fourth-order valence-corrected chi connectivity index (χ4v) is 18.9. The van der Waals surface area contributed by atoms with Crippen LogP contribution in [-0.4, -0.2) is 22.1 Å². The van der Waals surface area contributed by atoms with Crippen molar-refractivity contribution in [3.8, 4) is 34.8 Å². The smallest absolute Gasteiger partial charge is 0.304 e. The van der Waals surface area contributed by atoms with Crippen LogP contribution in [0, 0.1) is 34.8 Å². The first kappa shape index (κ1) is 45.2. The summed E-state index contributed by atoms with van der Waals surface area (Å²) in [6, 6.07) is 13.0. The zero-order valence-corrected chi connectivity index (χ0v) is 38.7. The van der Waals surface area contributed by atoms with Crippen LogP contribution < -0.4 is 0 Å². The van der Waals surface area contributed by atoms with E-state index < -0.39 is 21.7 Å². The lowest BCUT2D eigenvalue weighted by molar-refractivity contribution is -0.151. The summed E-state index contributed by atoms with van der Waals surface area (Å²) in [5.74, 6) is 13.9. The highest BCUT2D eigenvalue weighted by Gasteiger charge is 2.43. The molecule has 1 atom stereocenters. The Morgan fingerprint density at radius 2 is 0.808 bits per heavy atom. The molecule has 0 unspecified atom stereocenters. The van der Waals surface area contributed by atoms with Gasteiger partial charge in [-0.15, -0.1) is 11.1 Å². The van der Waals surface area contributed by atoms with E-state index in [0.29, 0.717) is 33.2 Å². The molecule has 0 bridgehead atoms. The molecule has 0 aliphatic rings. The lowest BCUT2D eigenvalue weighted by atomic mass is 9.82. The summed E-state index contributed by atoms with van der Waals surface area (Å²) in [4.78, 5) is 12.7. The van der Waals surface area contributed by atoms with E-state index in [2.05, 4.69) is 196 Å². The third kappa shape index (κ3) is 10.4. The molecule has 2 nitrogen and oxygen atoms in total. The van der Waals surface area contributed by atoms with Crippen LogP contribution in [0.2, 0.25) is 33.2 Å². The van der Waals surface area contributed by atoms with Crippen LogP contribution in [0.25, 0.3) is 0 Å². The second kappa shape index (κ2) is 17.0. The quantitative estimate of drug-likeness (QED) is 0.153. The molecule has 0 N–H and O–H groups in total. The first-order valence-electron chi connectivity index (χ1n) is 19.7. The maximum atomic E-state index is 12.7. The van der Waals surface area contributed by atoms with Gasteiger partial charge in [0.2, 0.25) is 0 Å². The molecule has 0 aliphatic heterocycles. The highest BCUT2D eigenvalue weighted by Crippen LogP contribution is 2.42. The highest BCUT2D eigenvalue weighted by molar-refractivity contribution is 6.91. The second-order valence-corrected chi connectivity index (χ2v) is 30.4. The average molecular weight is 737 g/mol. The molecule has 0 saturated heterocycles. The van der Waals surface area contributed by atoms with Crippen molar-refractivity contribution in [3.63, 3.8) is 0 Å². The van der Waals surface area contributed by atoms with E-state index in [1.165, 1.54) is 12.5 Å². The molecular weight excluding hydrogens is 665 g/mol. The number of rotatable bonds is 8. The Balaban J connectivity index is 2.96. The van der Waals surface area contributed by atoms with Crippen molar-refractivity contribution in [2.45, 2.75) is 188 Å². The molecule has 52 heavy (non-hydrogen) atoms. The molecular formula is C48H72O2Si2. The van der Waals surface area contributed by atoms with Crippen molar-refractivity contribution >= 4 is 22.1 Å². The van der Waals surface area contributed by atoms with Crippen LogP contribution in [0.3, 0.4) is 0 Å². The highest BCUT2D eigenvalue weighted by atomic mass is 28.3. The minimum absolute atomic E-state index is 0.0922. The van der Waals surface area contributed by atoms with Gasteiger partial charge in [0.15, 0.2) is 5.60 Å². The van der Waals surface area contributed by atoms with Gasteiger partial charge in [-0.05, 0) is 98.4 Å². The molecule has 0 spiro atoms. The monoisotopic (exact) mass is 737 g/mol. The third-order valence-electron chi connectivity index (χ3n) is 11.5. The predicted octanol–water partition coefficient (Wildman–Crippen LogP) is 13.3. The SMILES string of the molecule is CC(=O)O[C@](C)(C#Cc1cc(C#C[Si](C(C)C)(C(C)C)C(C)C)cc(C(C)(C)C)c1)c1cc(C#C[Si](C(C)C)(C(C)C)C(C)C)cc(C(C)(C)C)c1. The van der Waals surface area contributed by atoms with Crippen molar-refractivity contribution in [1.29, 1.82) is 0 Å². The summed E-state index contributed by atoms with van der Waals surface area (Å²) in [7, 11) is -3.90. The van der Waals surface area contributed by atoms with E-state index in [1.807, 2.05) is 6.92 Å². The van der Waals surface area contributed by atoms with Crippen molar-refractivity contribution in [2.75, 3.05) is 0 Å². The number of carbonyl (C=O) groups is 1. The summed E-state index contributed by atoms with van der Waals surface area (Å²) < 4.78 is 6.15. The molecule has 2 aromatic rings. The molecule has 0 saturated carbocycles. The van der Waals surface area contributed by atoms with Gasteiger partial charge in [-0.3, -0.25) is 4.79 Å². The number of hydrogen-bond acceptors (Lipinski definition) is 2. The van der Waals surface area contributed by atoms with Gasteiger partial charge in [0.25, 0.3) is 0 Å². The summed E-state index contributed by atoms with van der Waals surface area (Å²) in [6.45, 7) is 44.8. The number of benzene rings is 2. The normalized spacial score (nSPS) is 13.8. The van der Waals surface area contributed by atoms with E-state index in [9.17, 15) is 4.79 Å².